The molecule has 60 heavy (non-hydrogen) atoms. The fraction of sp³-hybridized carbons (Fsp3) is 0.348. The maximum atomic E-state index is 10.7. The van der Waals surface area contributed by atoms with E-state index in [9.17, 15) is 14.7 Å². The number of ether oxygens (including phenoxy) is 2. The zero-order chi connectivity index (χ0) is 42.6. The van der Waals surface area contributed by atoms with Crippen LogP contribution in [-0.4, -0.2) is 41.9 Å². The number of nitrogens with two attached hydrogens (primary N) is 2. The number of rotatable bonds is 24. The van der Waals surface area contributed by atoms with Crippen molar-refractivity contribution in [2.45, 2.75) is 92.8 Å². The summed E-state index contributed by atoms with van der Waals surface area (Å²) < 4.78 is 12.6. The number of nitrogen functional groups attached to an aromatic ring is 2. The maximum absolute atomic E-state index is 10.7. The predicted molar refractivity (Wildman–Crippen MR) is 233 cm³/mol. The molecule has 7 N–H and O–H groups in total. The summed E-state index contributed by atoms with van der Waals surface area (Å²) in [5.41, 5.74) is 12.6. The van der Waals surface area contributed by atoms with Crippen molar-refractivity contribution in [1.82, 2.24) is 0 Å². The summed E-state index contributed by atoms with van der Waals surface area (Å²) >= 11 is -0.888. The molecule has 0 aliphatic carbocycles. The van der Waals surface area contributed by atoms with Crippen LogP contribution in [0.1, 0.15) is 105 Å². The van der Waals surface area contributed by atoms with E-state index in [1.165, 1.54) is 29.6 Å². The van der Waals surface area contributed by atoms with Crippen LogP contribution in [0.2, 0.25) is 3.93 Å². The van der Waals surface area contributed by atoms with Crippen LogP contribution < -0.4 is 55.6 Å². The van der Waals surface area contributed by atoms with Crippen LogP contribution in [0.25, 0.3) is 0 Å². The first kappa shape index (κ1) is 59.4. The van der Waals surface area contributed by atoms with Gasteiger partial charge < -0.3 is 26.0 Å². The van der Waals surface area contributed by atoms with Crippen molar-refractivity contribution in [2.75, 3.05) is 13.2 Å². The molecule has 4 rings (SSSR count). The normalized spacial score (nSPS) is 9.42. The summed E-state index contributed by atoms with van der Waals surface area (Å²) in [6.07, 6.45) is 14.3. The van der Waals surface area contributed by atoms with Crippen LogP contribution in [-0.2, 0) is 55.5 Å². The van der Waals surface area contributed by atoms with Crippen LogP contribution in [0.5, 0.6) is 11.5 Å². The van der Waals surface area contributed by atoms with E-state index >= 15 is 0 Å². The van der Waals surface area contributed by atoms with Gasteiger partial charge >= 0.3 is 128 Å². The molecule has 0 aromatic heterocycles. The molecule has 0 amide bonds. The Hall–Kier alpha value is -2.68. The number of aliphatic carboxylic acids is 1. The number of carbonyl (C=O) groups is 2. The van der Waals surface area contributed by atoms with Crippen molar-refractivity contribution in [3.63, 3.8) is 0 Å². The van der Waals surface area contributed by atoms with Gasteiger partial charge in [-0.25, -0.2) is 0 Å². The molecule has 0 aliphatic rings. The van der Waals surface area contributed by atoms with Crippen molar-refractivity contribution >= 4 is 31.9 Å². The molecule has 0 saturated heterocycles. The number of carboxylic acid groups (broad SMARTS) is 2. The largest absolute Gasteiger partial charge is 1.00 e. The molecule has 10 nitrogen and oxygen atoms in total. The molecule has 4 aromatic rings. The molecule has 0 spiro atoms. The van der Waals surface area contributed by atoms with Crippen LogP contribution in [0.15, 0.2) is 127 Å². The Morgan fingerprint density at radius 1 is 0.700 bits per heavy atom. The Balaban J connectivity index is 0. The van der Waals surface area contributed by atoms with Gasteiger partial charge in [-0.15, -0.1) is 6.58 Å². The van der Waals surface area contributed by atoms with Gasteiger partial charge in [0.25, 0.3) is 0 Å². The minimum absolute atomic E-state index is 0. The van der Waals surface area contributed by atoms with Gasteiger partial charge in [0.15, 0.2) is 0 Å². The monoisotopic (exact) mass is 1220 g/mol. The zero-order valence-electron chi connectivity index (χ0n) is 35.7. The number of benzene rings is 4. The van der Waals surface area contributed by atoms with Crippen LogP contribution in [0, 0.1) is 10.8 Å². The van der Waals surface area contributed by atoms with Crippen LogP contribution in [0.3, 0.4) is 0 Å². The van der Waals surface area contributed by atoms with Crippen molar-refractivity contribution in [3.8, 4) is 11.5 Å². The first-order chi connectivity index (χ1) is 28.1. The summed E-state index contributed by atoms with van der Waals surface area (Å²) in [4.78, 5) is 21.7. The van der Waals surface area contributed by atoms with Crippen molar-refractivity contribution < 1.29 is 110 Å². The summed E-state index contributed by atoms with van der Waals surface area (Å²) in [7, 11) is 1.78. The Labute approximate surface area is 415 Å². The molecule has 0 radical (unpaired) electrons. The summed E-state index contributed by atoms with van der Waals surface area (Å²) in [5, 5.41) is 33.8. The standard InChI is InChI=1S/C20H26N4O2.C11H20O2.C7H6O2S.C6H6.C2H5.2Hg.Na/c21-19(22)15-5-9-17(10-6-15)25-13-3-1-2-4-14-26-18-11-7-16(8-12-18)20(23)24;1-2-3-4-5-6-7-8-9-10-11(12)13;8-7(9)5-3-1-2-4-6(5)10;1-2-4-6-5-3-1;1-2;;;/h5-12H,1-4,13-14H2,(H3,21,22)(H3,23,24);2H,1,3-10H2,(H,12,13);1-4,10H,(H,8,9);1-6H;1H2,2H3;;;/q;;;;;;2*+1/p-2. The number of hydrogen-bond acceptors (Lipinski definition) is 8. The average Bonchev–Trinajstić information content (AvgIpc) is 3.23. The molecule has 0 saturated carbocycles. The number of carboxylic acids is 2. The third-order valence-electron chi connectivity index (χ3n) is 8.19. The van der Waals surface area contributed by atoms with Crippen molar-refractivity contribution in [3.05, 3.63) is 139 Å². The number of hydrogen-bond donors (Lipinski definition) is 5. The average molecular weight is 1220 g/mol. The molecule has 0 aliphatic heterocycles. The Bertz CT molecular complexity index is 1630. The van der Waals surface area contributed by atoms with Gasteiger partial charge in [0, 0.05) is 45.2 Å². The number of allylic oxidation sites excluding steroid dienone is 1. The topological polar surface area (TPSA) is 196 Å². The molecule has 312 valence electrons. The SMILES string of the molecule is C=CCCCCCCCCC(=O)O.C[CH2][Hg][S]c1ccccc1C(=O)[O-].N=C(N)c1ccc(OCCCCCCOc2ccc(C(=N)N)cc2)cc1.[Hg].[Na+].c1ccccc1. The molecule has 4 aromatic carbocycles. The Morgan fingerprint density at radius 3 is 1.52 bits per heavy atom. The third kappa shape index (κ3) is 32.1. The van der Waals surface area contributed by atoms with E-state index < -0.39 is 35.0 Å². The quantitative estimate of drug-likeness (QED) is 0.0163. The summed E-state index contributed by atoms with van der Waals surface area (Å²) in [6, 6.07) is 33.6. The van der Waals surface area contributed by atoms with Gasteiger partial charge in [-0.3, -0.25) is 15.6 Å². The van der Waals surface area contributed by atoms with Gasteiger partial charge in [0.05, 0.1) is 13.2 Å². The Kier molecular flexibility index (Phi) is 40.0. The molecular weight excluding hydrogens is 1160 g/mol. The fourth-order valence-electron chi connectivity index (χ4n) is 5.03. The molecule has 0 unspecified atom stereocenters. The second-order valence-corrected chi connectivity index (χ2v) is 26.3. The second-order valence-electron chi connectivity index (χ2n) is 13.1. The first-order valence-corrected chi connectivity index (χ1v) is 31.6. The van der Waals surface area contributed by atoms with E-state index in [1.54, 1.807) is 44.6 Å². The van der Waals surface area contributed by atoms with E-state index in [1.807, 2.05) is 78.9 Å². The van der Waals surface area contributed by atoms with E-state index in [-0.39, 0.29) is 68.9 Å². The fourth-order valence-corrected chi connectivity index (χ4v) is 13.8. The second kappa shape index (κ2) is 40.4. The molecule has 14 heteroatoms. The van der Waals surface area contributed by atoms with Crippen LogP contribution >= 0.6 is 8.24 Å². The number of nitrogens with one attached hydrogen (secondary N) is 2. The smallest absolute Gasteiger partial charge is 0.494 e. The minimum atomic E-state index is -1.06. The minimum Gasteiger partial charge on any atom is -0.494 e. The van der Waals surface area contributed by atoms with Crippen molar-refractivity contribution in [1.29, 1.82) is 10.8 Å². The molecular formula is C46H61Hg2N4NaO6S. The van der Waals surface area contributed by atoms with Crippen molar-refractivity contribution in [2.24, 2.45) is 11.5 Å². The van der Waals surface area contributed by atoms with Crippen LogP contribution in [0.4, 0.5) is 0 Å². The molecule has 0 atom stereocenters. The van der Waals surface area contributed by atoms with Gasteiger partial charge in [-0.2, -0.15) is 0 Å². The van der Waals surface area contributed by atoms with Gasteiger partial charge in [0.1, 0.15) is 23.2 Å². The molecule has 0 bridgehead atoms. The molecule has 0 heterocycles. The zero-order valence-corrected chi connectivity index (χ0v) is 49.6. The number of carbonyl (C=O) groups excluding carboxylic acids is 1. The van der Waals surface area contributed by atoms with Gasteiger partial charge in [-0.05, 0) is 93.5 Å². The van der Waals surface area contributed by atoms with E-state index in [0.717, 1.165) is 61.3 Å². The van der Waals surface area contributed by atoms with E-state index in [2.05, 4.69) is 13.5 Å². The maximum Gasteiger partial charge on any atom is 1.00 e. The third-order valence-corrected chi connectivity index (χ3v) is 20.2. The van der Waals surface area contributed by atoms with Gasteiger partial charge in [0.2, 0.25) is 0 Å². The number of amidine groups is 2. The summed E-state index contributed by atoms with van der Waals surface area (Å²) in [5.74, 6) is -0.0129. The number of aromatic carboxylic acids is 1. The Morgan fingerprint density at radius 2 is 1.12 bits per heavy atom. The first-order valence-electron chi connectivity index (χ1n) is 20.0. The van der Waals surface area contributed by atoms with Gasteiger partial charge in [-0.1, -0.05) is 68.2 Å². The summed E-state index contributed by atoms with van der Waals surface area (Å²) in [6.45, 7) is 7.17. The predicted octanol–water partition coefficient (Wildman–Crippen LogP) is 6.92. The van der Waals surface area contributed by atoms with E-state index in [4.69, 9.17) is 36.9 Å². The molecule has 0 fully saturated rings. The van der Waals surface area contributed by atoms with E-state index in [0.29, 0.717) is 36.3 Å². The number of unbranched alkanes of at least 4 members (excludes halogenated alkanes) is 9.